The average Bonchev–Trinajstić information content (AvgIpc) is 3.19. The Morgan fingerprint density at radius 2 is 1.81 bits per heavy atom. The summed E-state index contributed by atoms with van der Waals surface area (Å²) >= 11 is 5.63. The first-order valence-corrected chi connectivity index (χ1v) is 11.3. The van der Waals surface area contributed by atoms with Gasteiger partial charge in [0.15, 0.2) is 11.5 Å². The van der Waals surface area contributed by atoms with Gasteiger partial charge in [0.25, 0.3) is 5.91 Å². The molecule has 0 atom stereocenters. The molecule has 0 radical (unpaired) electrons. The Bertz CT molecular complexity index is 1550. The number of carbonyl (C=O) groups excluding carboxylic acids is 2. The minimum atomic E-state index is -4.72. The van der Waals surface area contributed by atoms with Crippen molar-refractivity contribution in [1.82, 2.24) is 19.9 Å². The van der Waals surface area contributed by atoms with Crippen molar-refractivity contribution < 1.29 is 27.2 Å². The monoisotopic (exact) mass is 533 g/mol. The van der Waals surface area contributed by atoms with E-state index in [0.717, 1.165) is 5.56 Å². The van der Waals surface area contributed by atoms with Crippen molar-refractivity contribution in [2.75, 3.05) is 5.32 Å². The van der Waals surface area contributed by atoms with Crippen LogP contribution in [-0.4, -0.2) is 26.4 Å². The van der Waals surface area contributed by atoms with E-state index in [0.29, 0.717) is 40.4 Å². The summed E-state index contributed by atoms with van der Waals surface area (Å²) in [6.45, 7) is 4.41. The minimum Gasteiger partial charge on any atom is -0.348 e. The molecule has 4 aromatic rings. The molecule has 0 bridgehead atoms. The molecule has 2 heterocycles. The smallest absolute Gasteiger partial charge is 0.348 e. The second-order valence-electron chi connectivity index (χ2n) is 8.42. The van der Waals surface area contributed by atoms with Gasteiger partial charge in [0.2, 0.25) is 5.91 Å². The number of aryl methyl sites for hydroxylation is 2. The number of halogens is 5. The van der Waals surface area contributed by atoms with E-state index in [2.05, 4.69) is 20.7 Å². The van der Waals surface area contributed by atoms with Gasteiger partial charge in [-0.25, -0.2) is 13.9 Å². The molecule has 0 aliphatic rings. The molecule has 0 aliphatic heterocycles. The standard InChI is InChI=1S/C25H20ClF4N5O2/c1-12-6-13(2)18(24(37)31-10-15-7-16(25(28,29)30)8-19(26)23(15)27)9-17(12)20-4-5-22-33-21(32-14(3)36)11-35(22)34-20/h4-9,11H,10H2,1-3H3,(H,31,37)(H,32,36). The summed E-state index contributed by atoms with van der Waals surface area (Å²) in [7, 11) is 0. The molecule has 37 heavy (non-hydrogen) atoms. The number of nitrogens with one attached hydrogen (secondary N) is 2. The first-order chi connectivity index (χ1) is 17.3. The van der Waals surface area contributed by atoms with Gasteiger partial charge >= 0.3 is 6.18 Å². The molecule has 0 unspecified atom stereocenters. The van der Waals surface area contributed by atoms with Crippen LogP contribution in [0.15, 0.2) is 42.6 Å². The summed E-state index contributed by atoms with van der Waals surface area (Å²) in [6, 6.07) is 7.91. The van der Waals surface area contributed by atoms with Gasteiger partial charge in [0, 0.05) is 30.2 Å². The van der Waals surface area contributed by atoms with E-state index >= 15 is 0 Å². The van der Waals surface area contributed by atoms with Crippen molar-refractivity contribution >= 4 is 34.9 Å². The molecule has 0 saturated heterocycles. The topological polar surface area (TPSA) is 88.4 Å². The lowest BCUT2D eigenvalue weighted by atomic mass is 9.97. The average molecular weight is 534 g/mol. The summed E-state index contributed by atoms with van der Waals surface area (Å²) in [5, 5.41) is 8.88. The Morgan fingerprint density at radius 3 is 2.49 bits per heavy atom. The lowest BCUT2D eigenvalue weighted by Crippen LogP contribution is -2.24. The number of anilines is 1. The maximum absolute atomic E-state index is 14.4. The Morgan fingerprint density at radius 1 is 1.08 bits per heavy atom. The molecular formula is C25H20ClF4N5O2. The van der Waals surface area contributed by atoms with Gasteiger partial charge in [-0.05, 0) is 55.3 Å². The number of hydrogen-bond acceptors (Lipinski definition) is 4. The Hall–Kier alpha value is -3.99. The van der Waals surface area contributed by atoms with Crippen molar-refractivity contribution in [2.24, 2.45) is 0 Å². The molecule has 2 amide bonds. The lowest BCUT2D eigenvalue weighted by Gasteiger charge is -2.14. The number of carbonyl (C=O) groups is 2. The van der Waals surface area contributed by atoms with Crippen molar-refractivity contribution in [2.45, 2.75) is 33.5 Å². The predicted octanol–water partition coefficient (Wildman–Crippen LogP) is 5.71. The van der Waals surface area contributed by atoms with E-state index in [1.807, 2.05) is 6.92 Å². The SMILES string of the molecule is CC(=O)Nc1cn2nc(-c3cc(C(=O)NCc4cc(C(F)(F)F)cc(Cl)c4F)c(C)cc3C)ccc2n1. The summed E-state index contributed by atoms with van der Waals surface area (Å²) in [5.74, 6) is -1.59. The molecule has 7 nitrogen and oxygen atoms in total. The van der Waals surface area contributed by atoms with Crippen molar-refractivity contribution in [3.63, 3.8) is 0 Å². The van der Waals surface area contributed by atoms with Crippen LogP contribution < -0.4 is 10.6 Å². The van der Waals surface area contributed by atoms with Gasteiger partial charge in [-0.2, -0.15) is 18.3 Å². The molecule has 4 rings (SSSR count). The molecular weight excluding hydrogens is 514 g/mol. The number of benzene rings is 2. The van der Waals surface area contributed by atoms with Crippen LogP contribution in [0.4, 0.5) is 23.4 Å². The van der Waals surface area contributed by atoms with Crippen LogP contribution in [0.2, 0.25) is 5.02 Å². The third-order valence-corrected chi connectivity index (χ3v) is 5.86. The zero-order valence-corrected chi connectivity index (χ0v) is 20.6. The summed E-state index contributed by atoms with van der Waals surface area (Å²) in [6.07, 6.45) is -3.17. The molecule has 12 heteroatoms. The summed E-state index contributed by atoms with van der Waals surface area (Å²) in [4.78, 5) is 28.5. The van der Waals surface area contributed by atoms with E-state index in [-0.39, 0.29) is 17.0 Å². The first kappa shape index (κ1) is 26.1. The fourth-order valence-electron chi connectivity index (χ4n) is 3.85. The van der Waals surface area contributed by atoms with Crippen LogP contribution >= 0.6 is 11.6 Å². The van der Waals surface area contributed by atoms with Crippen LogP contribution in [-0.2, 0) is 17.5 Å². The fourth-order valence-corrected chi connectivity index (χ4v) is 4.09. The van der Waals surface area contributed by atoms with E-state index in [1.54, 1.807) is 37.4 Å². The molecule has 0 spiro atoms. The molecule has 0 aliphatic carbocycles. The van der Waals surface area contributed by atoms with Crippen molar-refractivity contribution in [1.29, 1.82) is 0 Å². The summed E-state index contributed by atoms with van der Waals surface area (Å²) < 4.78 is 55.1. The third-order valence-electron chi connectivity index (χ3n) is 5.59. The van der Waals surface area contributed by atoms with E-state index < -0.39 is 35.0 Å². The molecule has 2 aromatic heterocycles. The van der Waals surface area contributed by atoms with Gasteiger partial charge in [0.1, 0.15) is 5.82 Å². The van der Waals surface area contributed by atoms with Gasteiger partial charge < -0.3 is 10.6 Å². The third kappa shape index (κ3) is 5.56. The van der Waals surface area contributed by atoms with Crippen molar-refractivity contribution in [3.8, 4) is 11.3 Å². The number of hydrogen-bond donors (Lipinski definition) is 2. The van der Waals surface area contributed by atoms with E-state index in [9.17, 15) is 27.2 Å². The Labute approximate surface area is 213 Å². The number of fused-ring (bicyclic) bond motifs is 1. The number of alkyl halides is 3. The quantitative estimate of drug-likeness (QED) is 0.322. The zero-order chi connectivity index (χ0) is 27.1. The normalized spacial score (nSPS) is 11.6. The number of rotatable bonds is 5. The Kier molecular flexibility index (Phi) is 6.92. The molecule has 192 valence electrons. The molecule has 2 N–H and O–H groups in total. The highest BCUT2D eigenvalue weighted by atomic mass is 35.5. The van der Waals surface area contributed by atoms with Crippen LogP contribution in [0.5, 0.6) is 0 Å². The number of aromatic nitrogens is 3. The maximum Gasteiger partial charge on any atom is 0.416 e. The molecule has 2 aromatic carbocycles. The molecule has 0 fully saturated rings. The number of imidazole rings is 1. The van der Waals surface area contributed by atoms with Gasteiger partial charge in [-0.15, -0.1) is 0 Å². The maximum atomic E-state index is 14.4. The lowest BCUT2D eigenvalue weighted by molar-refractivity contribution is -0.137. The predicted molar refractivity (Wildman–Crippen MR) is 130 cm³/mol. The number of nitrogens with zero attached hydrogens (tertiary/aromatic N) is 3. The van der Waals surface area contributed by atoms with Gasteiger partial charge in [0.05, 0.1) is 22.5 Å². The van der Waals surface area contributed by atoms with Crippen LogP contribution in [0.25, 0.3) is 16.9 Å². The highest BCUT2D eigenvalue weighted by Gasteiger charge is 2.32. The number of amides is 2. The van der Waals surface area contributed by atoms with E-state index in [4.69, 9.17) is 11.6 Å². The van der Waals surface area contributed by atoms with Crippen molar-refractivity contribution in [3.05, 3.63) is 81.3 Å². The first-order valence-electron chi connectivity index (χ1n) is 10.9. The highest BCUT2D eigenvalue weighted by Crippen LogP contribution is 2.33. The molecule has 0 saturated carbocycles. The summed E-state index contributed by atoms with van der Waals surface area (Å²) in [5.41, 5.74) is 1.81. The van der Waals surface area contributed by atoms with Crippen LogP contribution in [0.3, 0.4) is 0 Å². The van der Waals surface area contributed by atoms with Crippen LogP contribution in [0, 0.1) is 19.7 Å². The zero-order valence-electron chi connectivity index (χ0n) is 19.8. The van der Waals surface area contributed by atoms with Gasteiger partial charge in [-0.3, -0.25) is 9.59 Å². The van der Waals surface area contributed by atoms with Gasteiger partial charge in [-0.1, -0.05) is 17.7 Å². The highest BCUT2D eigenvalue weighted by molar-refractivity contribution is 6.30. The van der Waals surface area contributed by atoms with E-state index in [1.165, 1.54) is 11.4 Å². The fraction of sp³-hybridized carbons (Fsp3) is 0.200. The second-order valence-corrected chi connectivity index (χ2v) is 8.83. The largest absolute Gasteiger partial charge is 0.416 e. The second kappa shape index (κ2) is 9.81. The van der Waals surface area contributed by atoms with Crippen LogP contribution in [0.1, 0.15) is 39.5 Å². The minimum absolute atomic E-state index is 0.241. The Balaban J connectivity index is 1.62.